The molecule has 17 heavy (non-hydrogen) atoms. The van der Waals surface area contributed by atoms with Crippen molar-refractivity contribution >= 4 is 21.8 Å². The molecule has 3 N–H and O–H groups in total. The van der Waals surface area contributed by atoms with E-state index in [4.69, 9.17) is 5.14 Å². The first-order chi connectivity index (χ1) is 8.06. The zero-order valence-electron chi connectivity index (χ0n) is 9.43. The zero-order chi connectivity index (χ0) is 12.3. The molecule has 0 fully saturated rings. The third-order valence-corrected chi connectivity index (χ3v) is 4.61. The monoisotopic (exact) mass is 272 g/mol. The van der Waals surface area contributed by atoms with Gasteiger partial charge in [-0.15, -0.1) is 0 Å². The van der Waals surface area contributed by atoms with Crippen molar-refractivity contribution in [1.82, 2.24) is 5.32 Å². The Labute approximate surface area is 106 Å². The zero-order valence-corrected chi connectivity index (χ0v) is 11.1. The quantitative estimate of drug-likeness (QED) is 0.852. The molecule has 0 saturated carbocycles. The third-order valence-electron chi connectivity index (χ3n) is 2.75. The van der Waals surface area contributed by atoms with Crippen LogP contribution in [-0.4, -0.2) is 26.5 Å². The van der Waals surface area contributed by atoms with Crippen molar-refractivity contribution in [1.29, 1.82) is 0 Å². The van der Waals surface area contributed by atoms with Crippen LogP contribution in [0.1, 0.15) is 17.2 Å². The summed E-state index contributed by atoms with van der Waals surface area (Å²) in [5.74, 6) is 1.99. The Bertz CT molecular complexity index is 488. The van der Waals surface area contributed by atoms with Gasteiger partial charge in [0, 0.05) is 24.1 Å². The Hall–Kier alpha value is -0.560. The molecule has 0 aromatic heterocycles. The number of fused-ring (bicyclic) bond motifs is 1. The standard InChI is InChI=1S/C11H16N2O2S2/c12-17(14,15)6-5-13-11-8-16-7-9-3-1-2-4-10(9)11/h1-4,11,13H,5-8H2,(H2,12,14,15). The Balaban J connectivity index is 1.99. The molecule has 0 saturated heterocycles. The number of nitrogens with two attached hydrogens (primary N) is 1. The maximum Gasteiger partial charge on any atom is 0.210 e. The lowest BCUT2D eigenvalue weighted by Gasteiger charge is -2.26. The van der Waals surface area contributed by atoms with Crippen molar-refractivity contribution < 1.29 is 8.42 Å². The molecule has 0 aliphatic carbocycles. The topological polar surface area (TPSA) is 72.2 Å². The highest BCUT2D eigenvalue weighted by Gasteiger charge is 2.19. The first-order valence-corrected chi connectivity index (χ1v) is 8.33. The summed E-state index contributed by atoms with van der Waals surface area (Å²) in [4.78, 5) is 0. The van der Waals surface area contributed by atoms with Gasteiger partial charge in [-0.05, 0) is 11.1 Å². The molecular weight excluding hydrogens is 256 g/mol. The summed E-state index contributed by atoms with van der Waals surface area (Å²) in [5.41, 5.74) is 2.61. The molecule has 2 rings (SSSR count). The molecule has 1 aliphatic rings. The fourth-order valence-corrected chi connectivity index (χ4v) is 3.46. The lowest BCUT2D eigenvalue weighted by atomic mass is 10.0. The second kappa shape index (κ2) is 5.39. The summed E-state index contributed by atoms with van der Waals surface area (Å²) in [6.45, 7) is 0.401. The molecular formula is C11H16N2O2S2. The Morgan fingerprint density at radius 2 is 2.18 bits per heavy atom. The molecule has 0 radical (unpaired) electrons. The van der Waals surface area contributed by atoms with Crippen molar-refractivity contribution in [2.45, 2.75) is 11.8 Å². The first kappa shape index (κ1) is 12.9. The van der Waals surface area contributed by atoms with Crippen LogP contribution in [0.2, 0.25) is 0 Å². The fourth-order valence-electron chi connectivity index (χ4n) is 1.93. The van der Waals surface area contributed by atoms with Crippen molar-refractivity contribution in [3.05, 3.63) is 35.4 Å². The highest BCUT2D eigenvalue weighted by atomic mass is 32.2. The predicted molar refractivity (Wildman–Crippen MR) is 71.3 cm³/mol. The van der Waals surface area contributed by atoms with Crippen LogP contribution in [0.4, 0.5) is 0 Å². The predicted octanol–water partition coefficient (Wildman–Crippen LogP) is 0.853. The summed E-state index contributed by atoms with van der Waals surface area (Å²) >= 11 is 1.86. The van der Waals surface area contributed by atoms with Gasteiger partial charge < -0.3 is 5.32 Å². The molecule has 0 amide bonds. The Morgan fingerprint density at radius 1 is 1.41 bits per heavy atom. The SMILES string of the molecule is NS(=O)(=O)CCNC1CSCc2ccccc21. The molecule has 1 unspecified atom stereocenters. The molecule has 1 aliphatic heterocycles. The van der Waals surface area contributed by atoms with Gasteiger partial charge in [0.1, 0.15) is 0 Å². The Morgan fingerprint density at radius 3 is 2.94 bits per heavy atom. The normalized spacial score (nSPS) is 19.9. The van der Waals surface area contributed by atoms with Gasteiger partial charge >= 0.3 is 0 Å². The number of primary sulfonamides is 1. The van der Waals surface area contributed by atoms with E-state index in [1.807, 2.05) is 23.9 Å². The van der Waals surface area contributed by atoms with E-state index in [0.29, 0.717) is 6.54 Å². The smallest absolute Gasteiger partial charge is 0.210 e. The van der Waals surface area contributed by atoms with Crippen LogP contribution in [0, 0.1) is 0 Å². The molecule has 94 valence electrons. The summed E-state index contributed by atoms with van der Waals surface area (Å²) < 4.78 is 21.7. The number of thioether (sulfide) groups is 1. The van der Waals surface area contributed by atoms with E-state index in [2.05, 4.69) is 17.4 Å². The number of sulfonamides is 1. The number of nitrogens with one attached hydrogen (secondary N) is 1. The second-order valence-electron chi connectivity index (χ2n) is 4.09. The fraction of sp³-hybridized carbons (Fsp3) is 0.455. The minimum atomic E-state index is -3.37. The van der Waals surface area contributed by atoms with Gasteiger partial charge in [0.05, 0.1) is 5.75 Å². The highest BCUT2D eigenvalue weighted by molar-refractivity contribution is 7.98. The second-order valence-corrected chi connectivity index (χ2v) is 6.85. The van der Waals surface area contributed by atoms with Gasteiger partial charge in [-0.3, -0.25) is 0 Å². The first-order valence-electron chi connectivity index (χ1n) is 5.46. The highest BCUT2D eigenvalue weighted by Crippen LogP contribution is 2.31. The average Bonchev–Trinajstić information content (AvgIpc) is 2.28. The van der Waals surface area contributed by atoms with E-state index in [0.717, 1.165) is 11.5 Å². The molecule has 0 bridgehead atoms. The van der Waals surface area contributed by atoms with E-state index < -0.39 is 10.0 Å². The maximum absolute atomic E-state index is 10.9. The number of hydrogen-bond donors (Lipinski definition) is 2. The van der Waals surface area contributed by atoms with E-state index in [-0.39, 0.29) is 11.8 Å². The van der Waals surface area contributed by atoms with E-state index in [1.54, 1.807) is 0 Å². The van der Waals surface area contributed by atoms with Crippen molar-refractivity contribution in [3.8, 4) is 0 Å². The molecule has 6 heteroatoms. The van der Waals surface area contributed by atoms with E-state index >= 15 is 0 Å². The van der Waals surface area contributed by atoms with Crippen molar-refractivity contribution in [2.75, 3.05) is 18.1 Å². The molecule has 4 nitrogen and oxygen atoms in total. The summed E-state index contributed by atoms with van der Waals surface area (Å²) in [6.07, 6.45) is 0. The largest absolute Gasteiger partial charge is 0.308 e. The number of rotatable bonds is 4. The lowest BCUT2D eigenvalue weighted by Crippen LogP contribution is -2.32. The minimum absolute atomic E-state index is 0.0175. The Kier molecular flexibility index (Phi) is 4.09. The van der Waals surface area contributed by atoms with Crippen LogP contribution < -0.4 is 10.5 Å². The maximum atomic E-state index is 10.9. The molecule has 1 heterocycles. The third kappa shape index (κ3) is 3.70. The van der Waals surface area contributed by atoms with Gasteiger partial charge in [0.25, 0.3) is 0 Å². The molecule has 1 aromatic rings. The van der Waals surface area contributed by atoms with Crippen LogP contribution in [0.15, 0.2) is 24.3 Å². The van der Waals surface area contributed by atoms with E-state index in [9.17, 15) is 8.42 Å². The van der Waals surface area contributed by atoms with E-state index in [1.165, 1.54) is 11.1 Å². The summed E-state index contributed by atoms with van der Waals surface area (Å²) in [6, 6.07) is 8.50. The molecule has 1 atom stereocenters. The van der Waals surface area contributed by atoms with Crippen LogP contribution in [-0.2, 0) is 15.8 Å². The number of benzene rings is 1. The van der Waals surface area contributed by atoms with Crippen LogP contribution >= 0.6 is 11.8 Å². The minimum Gasteiger partial charge on any atom is -0.308 e. The van der Waals surface area contributed by atoms with Crippen LogP contribution in [0.3, 0.4) is 0 Å². The van der Waals surface area contributed by atoms with Gasteiger partial charge in [-0.1, -0.05) is 24.3 Å². The van der Waals surface area contributed by atoms with Gasteiger partial charge in [0.2, 0.25) is 10.0 Å². The van der Waals surface area contributed by atoms with Crippen LogP contribution in [0.25, 0.3) is 0 Å². The lowest BCUT2D eigenvalue weighted by molar-refractivity contribution is 0.573. The van der Waals surface area contributed by atoms with Crippen LogP contribution in [0.5, 0.6) is 0 Å². The molecule has 0 spiro atoms. The van der Waals surface area contributed by atoms with Gasteiger partial charge in [0.15, 0.2) is 0 Å². The summed E-state index contributed by atoms with van der Waals surface area (Å²) in [7, 11) is -3.37. The summed E-state index contributed by atoms with van der Waals surface area (Å²) in [5, 5.41) is 8.23. The average molecular weight is 272 g/mol. The number of hydrogen-bond acceptors (Lipinski definition) is 4. The van der Waals surface area contributed by atoms with Crippen molar-refractivity contribution in [2.24, 2.45) is 5.14 Å². The van der Waals surface area contributed by atoms with Gasteiger partial charge in [-0.2, -0.15) is 11.8 Å². The molecule has 1 aromatic carbocycles. The van der Waals surface area contributed by atoms with Crippen molar-refractivity contribution in [3.63, 3.8) is 0 Å². The van der Waals surface area contributed by atoms with Gasteiger partial charge in [-0.25, -0.2) is 13.6 Å².